The molecule has 0 amide bonds. The summed E-state index contributed by atoms with van der Waals surface area (Å²) in [7, 11) is 1.49. The van der Waals surface area contributed by atoms with E-state index in [-0.39, 0.29) is 11.3 Å². The van der Waals surface area contributed by atoms with Crippen LogP contribution in [0, 0.1) is 0 Å². The van der Waals surface area contributed by atoms with E-state index in [1.807, 2.05) is 20.8 Å². The molecule has 7 heteroatoms. The quantitative estimate of drug-likeness (QED) is 0.440. The molecule has 0 atom stereocenters. The molecule has 1 rings (SSSR count). The molecule has 0 aliphatic heterocycles. The van der Waals surface area contributed by atoms with Gasteiger partial charge in [-0.2, -0.15) is 5.10 Å². The molecule has 1 aromatic carbocycles. The third-order valence-electron chi connectivity index (χ3n) is 2.15. The highest BCUT2D eigenvalue weighted by Crippen LogP contribution is 2.32. The first-order valence-electron chi connectivity index (χ1n) is 5.90. The van der Waals surface area contributed by atoms with Gasteiger partial charge in [-0.1, -0.05) is 15.9 Å². The summed E-state index contributed by atoms with van der Waals surface area (Å²) in [6.07, 6.45) is 1.47. The monoisotopic (exact) mass is 359 g/mol. The molecule has 5 nitrogen and oxygen atoms in total. The minimum absolute atomic E-state index is 0.0240. The molecule has 3 N–H and O–H groups in total. The summed E-state index contributed by atoms with van der Waals surface area (Å²) in [5.41, 5.74) is 3.07. The maximum Gasteiger partial charge on any atom is 0.187 e. The van der Waals surface area contributed by atoms with Gasteiger partial charge in [0.1, 0.15) is 0 Å². The normalized spacial score (nSPS) is 11.4. The Kier molecular flexibility index (Phi) is 5.76. The summed E-state index contributed by atoms with van der Waals surface area (Å²) in [6, 6.07) is 3.40. The van der Waals surface area contributed by atoms with Crippen molar-refractivity contribution in [3.8, 4) is 11.5 Å². The lowest BCUT2D eigenvalue weighted by Crippen LogP contribution is -2.44. The van der Waals surface area contributed by atoms with E-state index >= 15 is 0 Å². The van der Waals surface area contributed by atoms with Gasteiger partial charge in [0.05, 0.1) is 13.3 Å². The van der Waals surface area contributed by atoms with Crippen LogP contribution in [-0.2, 0) is 0 Å². The first kappa shape index (κ1) is 16.7. The zero-order valence-electron chi connectivity index (χ0n) is 11.8. The number of halogens is 1. The summed E-state index contributed by atoms with van der Waals surface area (Å²) < 4.78 is 5.84. The number of rotatable bonds is 3. The standard InChI is InChI=1S/C13H18BrN3O2S/c1-13(2,3)16-12(20)17-15-7-8-5-9(14)6-10(19-4)11(8)18/h5-7,18H,1-4H3,(H2,16,17,20). The summed E-state index contributed by atoms with van der Waals surface area (Å²) in [5, 5.41) is 17.4. The van der Waals surface area contributed by atoms with Crippen LogP contribution in [0.3, 0.4) is 0 Å². The van der Waals surface area contributed by atoms with E-state index in [1.54, 1.807) is 12.1 Å². The number of hydrogen-bond acceptors (Lipinski definition) is 4. The van der Waals surface area contributed by atoms with Crippen LogP contribution in [0.25, 0.3) is 0 Å². The summed E-state index contributed by atoms with van der Waals surface area (Å²) in [4.78, 5) is 0. The van der Waals surface area contributed by atoms with Crippen LogP contribution in [0.2, 0.25) is 0 Å². The number of hydrogen-bond donors (Lipinski definition) is 3. The number of hydrazone groups is 1. The second-order valence-electron chi connectivity index (χ2n) is 5.12. The van der Waals surface area contributed by atoms with Crippen LogP contribution in [-0.4, -0.2) is 29.1 Å². The Hall–Kier alpha value is -1.34. The van der Waals surface area contributed by atoms with Crippen molar-refractivity contribution in [2.24, 2.45) is 5.10 Å². The highest BCUT2D eigenvalue weighted by atomic mass is 79.9. The highest BCUT2D eigenvalue weighted by Gasteiger charge is 2.10. The van der Waals surface area contributed by atoms with E-state index in [2.05, 4.69) is 31.8 Å². The van der Waals surface area contributed by atoms with Crippen molar-refractivity contribution in [2.45, 2.75) is 26.3 Å². The topological polar surface area (TPSA) is 65.9 Å². The van der Waals surface area contributed by atoms with Gasteiger partial charge in [-0.25, -0.2) is 0 Å². The van der Waals surface area contributed by atoms with Gasteiger partial charge >= 0.3 is 0 Å². The van der Waals surface area contributed by atoms with Crippen LogP contribution in [0.1, 0.15) is 26.3 Å². The molecule has 1 aromatic rings. The maximum atomic E-state index is 9.95. The summed E-state index contributed by atoms with van der Waals surface area (Å²) >= 11 is 8.43. The highest BCUT2D eigenvalue weighted by molar-refractivity contribution is 9.10. The third kappa shape index (κ3) is 5.34. The lowest BCUT2D eigenvalue weighted by molar-refractivity contribution is 0.373. The lowest BCUT2D eigenvalue weighted by atomic mass is 10.1. The molecule has 0 fully saturated rings. The number of nitrogens with zero attached hydrogens (tertiary/aromatic N) is 1. The second-order valence-corrected chi connectivity index (χ2v) is 6.44. The van der Waals surface area contributed by atoms with Crippen molar-refractivity contribution >= 4 is 39.5 Å². The summed E-state index contributed by atoms with van der Waals surface area (Å²) in [5.74, 6) is 0.396. The predicted molar refractivity (Wildman–Crippen MR) is 88.6 cm³/mol. The second kappa shape index (κ2) is 6.90. The Balaban J connectivity index is 2.76. The molecule has 0 spiro atoms. The number of nitrogens with one attached hydrogen (secondary N) is 2. The van der Waals surface area contributed by atoms with E-state index in [1.165, 1.54) is 13.3 Å². The van der Waals surface area contributed by atoms with E-state index in [9.17, 15) is 5.11 Å². The van der Waals surface area contributed by atoms with Gasteiger partial charge in [0.25, 0.3) is 0 Å². The zero-order valence-corrected chi connectivity index (χ0v) is 14.2. The third-order valence-corrected chi connectivity index (χ3v) is 2.80. The molecule has 0 saturated carbocycles. The van der Waals surface area contributed by atoms with Crippen molar-refractivity contribution in [2.75, 3.05) is 7.11 Å². The van der Waals surface area contributed by atoms with Gasteiger partial charge in [-0.05, 0) is 45.1 Å². The van der Waals surface area contributed by atoms with Crippen LogP contribution >= 0.6 is 28.1 Å². The fourth-order valence-corrected chi connectivity index (χ4v) is 2.19. The Labute approximate surface area is 132 Å². The average Bonchev–Trinajstić information content (AvgIpc) is 2.30. The fourth-order valence-electron chi connectivity index (χ4n) is 1.38. The first-order chi connectivity index (χ1) is 9.23. The number of ether oxygens (including phenoxy) is 1. The van der Waals surface area contributed by atoms with Crippen molar-refractivity contribution in [1.29, 1.82) is 0 Å². The molecular weight excluding hydrogens is 342 g/mol. The Morgan fingerprint density at radius 2 is 2.10 bits per heavy atom. The van der Waals surface area contributed by atoms with Crippen LogP contribution in [0.15, 0.2) is 21.7 Å². The average molecular weight is 360 g/mol. The van der Waals surface area contributed by atoms with E-state index < -0.39 is 0 Å². The molecule has 0 unspecified atom stereocenters. The molecular formula is C13H18BrN3O2S. The van der Waals surface area contributed by atoms with Crippen molar-refractivity contribution in [3.63, 3.8) is 0 Å². The molecule has 0 aliphatic rings. The lowest BCUT2D eigenvalue weighted by Gasteiger charge is -2.21. The van der Waals surface area contributed by atoms with E-state index in [0.717, 1.165) is 4.47 Å². The molecule has 0 heterocycles. The van der Waals surface area contributed by atoms with Crippen LogP contribution in [0.4, 0.5) is 0 Å². The number of aromatic hydroxyl groups is 1. The van der Waals surface area contributed by atoms with Gasteiger partial charge in [0.2, 0.25) is 0 Å². The van der Waals surface area contributed by atoms with Gasteiger partial charge in [0.15, 0.2) is 16.6 Å². The van der Waals surface area contributed by atoms with Crippen molar-refractivity contribution in [1.82, 2.24) is 10.7 Å². The minimum atomic E-state index is -0.138. The Bertz CT molecular complexity index is 527. The smallest absolute Gasteiger partial charge is 0.187 e. The number of phenols is 1. The van der Waals surface area contributed by atoms with E-state index in [4.69, 9.17) is 17.0 Å². The molecule has 0 bridgehead atoms. The van der Waals surface area contributed by atoms with Gasteiger partial charge in [-0.3, -0.25) is 5.43 Å². The number of thiocarbonyl (C=S) groups is 1. The Morgan fingerprint density at radius 3 is 2.65 bits per heavy atom. The minimum Gasteiger partial charge on any atom is -0.504 e. The molecule has 0 radical (unpaired) electrons. The number of benzene rings is 1. The number of phenolic OH excluding ortho intramolecular Hbond substituents is 1. The van der Waals surface area contributed by atoms with Gasteiger partial charge < -0.3 is 15.2 Å². The largest absolute Gasteiger partial charge is 0.504 e. The molecule has 0 saturated heterocycles. The molecule has 20 heavy (non-hydrogen) atoms. The zero-order chi connectivity index (χ0) is 15.3. The van der Waals surface area contributed by atoms with Gasteiger partial charge in [-0.15, -0.1) is 0 Å². The van der Waals surface area contributed by atoms with Gasteiger partial charge in [0, 0.05) is 15.6 Å². The Morgan fingerprint density at radius 1 is 1.45 bits per heavy atom. The first-order valence-corrected chi connectivity index (χ1v) is 7.11. The van der Waals surface area contributed by atoms with Crippen LogP contribution in [0.5, 0.6) is 11.5 Å². The van der Waals surface area contributed by atoms with E-state index in [0.29, 0.717) is 16.4 Å². The van der Waals surface area contributed by atoms with Crippen LogP contribution < -0.4 is 15.5 Å². The molecule has 0 aliphatic carbocycles. The fraction of sp³-hybridized carbons (Fsp3) is 0.385. The molecule has 0 aromatic heterocycles. The molecule has 110 valence electrons. The predicted octanol–water partition coefficient (Wildman–Crippen LogP) is 2.76. The van der Waals surface area contributed by atoms with Crippen molar-refractivity contribution in [3.05, 3.63) is 22.2 Å². The van der Waals surface area contributed by atoms with Crippen molar-refractivity contribution < 1.29 is 9.84 Å². The maximum absolute atomic E-state index is 9.95. The number of methoxy groups -OCH3 is 1. The summed E-state index contributed by atoms with van der Waals surface area (Å²) in [6.45, 7) is 5.99. The SMILES string of the molecule is COc1cc(Br)cc(C=NNC(=S)NC(C)(C)C)c1O.